The molecule has 4 rings (SSSR count). The van der Waals surface area contributed by atoms with Crippen molar-refractivity contribution in [2.75, 3.05) is 37.6 Å². The molecule has 2 fully saturated rings. The van der Waals surface area contributed by atoms with Crippen molar-refractivity contribution in [2.24, 2.45) is 5.92 Å². The van der Waals surface area contributed by atoms with Crippen LogP contribution in [0.25, 0.3) is 10.9 Å². The molecule has 2 aliphatic rings. The third kappa shape index (κ3) is 4.77. The Labute approximate surface area is 179 Å². The Morgan fingerprint density at radius 3 is 2.71 bits per heavy atom. The highest BCUT2D eigenvalue weighted by Crippen LogP contribution is 2.38. The number of alkyl halides is 3. The first-order valence-corrected chi connectivity index (χ1v) is 10.6. The summed E-state index contributed by atoms with van der Waals surface area (Å²) in [6, 6.07) is 6.14. The number of nitrogens with zero attached hydrogens (tertiary/aromatic N) is 3. The molecule has 6 nitrogen and oxygen atoms in total. The Balaban J connectivity index is 1.46. The minimum absolute atomic E-state index is 0.0262. The van der Waals surface area contributed by atoms with E-state index in [1.807, 2.05) is 0 Å². The number of rotatable bonds is 5. The van der Waals surface area contributed by atoms with E-state index in [1.165, 1.54) is 6.20 Å². The quantitative estimate of drug-likeness (QED) is 0.754. The predicted molar refractivity (Wildman–Crippen MR) is 112 cm³/mol. The van der Waals surface area contributed by atoms with Crippen LogP contribution in [-0.2, 0) is 11.0 Å². The van der Waals surface area contributed by atoms with Gasteiger partial charge in [0.05, 0.1) is 17.2 Å². The molecule has 1 aromatic heterocycles. The molecule has 0 bridgehead atoms. The van der Waals surface area contributed by atoms with Crippen LogP contribution in [0.5, 0.6) is 0 Å². The topological polar surface area (TPSA) is 68.7 Å². The summed E-state index contributed by atoms with van der Waals surface area (Å²) in [5.41, 5.74) is -0.00105. The van der Waals surface area contributed by atoms with Gasteiger partial charge in [-0.2, -0.15) is 13.2 Å². The molecule has 2 atom stereocenters. The SMILES string of the molecule is C[C@H]1C[C@@H](NCCC(=O)N2CC(O)C2)CN(c2ccc(C(F)(F)F)c3ncccc23)C1. The van der Waals surface area contributed by atoms with Crippen molar-refractivity contribution >= 4 is 22.5 Å². The number of aromatic nitrogens is 1. The van der Waals surface area contributed by atoms with Crippen LogP contribution in [0.2, 0.25) is 0 Å². The molecule has 0 spiro atoms. The van der Waals surface area contributed by atoms with Crippen molar-refractivity contribution in [1.82, 2.24) is 15.2 Å². The largest absolute Gasteiger partial charge is 0.418 e. The highest BCUT2D eigenvalue weighted by molar-refractivity contribution is 5.94. The number of aliphatic hydroxyl groups excluding tert-OH is 1. The maximum Gasteiger partial charge on any atom is 0.418 e. The van der Waals surface area contributed by atoms with Crippen LogP contribution < -0.4 is 10.2 Å². The van der Waals surface area contributed by atoms with E-state index in [4.69, 9.17) is 0 Å². The molecule has 3 heterocycles. The Morgan fingerprint density at radius 1 is 1.23 bits per heavy atom. The second-order valence-corrected chi connectivity index (χ2v) is 8.63. The van der Waals surface area contributed by atoms with E-state index in [1.54, 1.807) is 23.1 Å². The monoisotopic (exact) mass is 436 g/mol. The standard InChI is InChI=1S/C22H27F3N4O2/c1-14-9-15(26-8-6-20(31)29-12-16(30)13-29)11-28(10-14)19-5-4-18(22(23,24)25)21-17(19)3-2-7-27-21/h2-5,7,14-16,26,30H,6,8-13H2,1H3/t14-,15+/m0/s1. The van der Waals surface area contributed by atoms with Crippen LogP contribution in [0.3, 0.4) is 0 Å². The summed E-state index contributed by atoms with van der Waals surface area (Å²) < 4.78 is 40.3. The first-order chi connectivity index (χ1) is 14.7. The van der Waals surface area contributed by atoms with Gasteiger partial charge in [-0.05, 0) is 36.6 Å². The number of nitrogens with one attached hydrogen (secondary N) is 1. The fraction of sp³-hybridized carbons (Fsp3) is 0.545. The molecular formula is C22H27F3N4O2. The fourth-order valence-electron chi connectivity index (χ4n) is 4.56. The number of hydrogen-bond acceptors (Lipinski definition) is 5. The van der Waals surface area contributed by atoms with Gasteiger partial charge in [-0.25, -0.2) is 0 Å². The first-order valence-electron chi connectivity index (χ1n) is 10.6. The van der Waals surface area contributed by atoms with Crippen LogP contribution in [0.15, 0.2) is 30.5 Å². The van der Waals surface area contributed by atoms with Crippen molar-refractivity contribution in [2.45, 2.75) is 38.1 Å². The maximum atomic E-state index is 13.4. The van der Waals surface area contributed by atoms with Crippen LogP contribution >= 0.6 is 0 Å². The number of likely N-dealkylation sites (tertiary alicyclic amines) is 1. The van der Waals surface area contributed by atoms with Crippen LogP contribution in [0.1, 0.15) is 25.3 Å². The van der Waals surface area contributed by atoms with E-state index in [0.717, 1.165) is 24.7 Å². The van der Waals surface area contributed by atoms with Crippen molar-refractivity contribution in [3.63, 3.8) is 0 Å². The Morgan fingerprint density at radius 2 is 2.00 bits per heavy atom. The van der Waals surface area contributed by atoms with Crippen LogP contribution in [0, 0.1) is 5.92 Å². The van der Waals surface area contributed by atoms with Crippen molar-refractivity contribution in [3.05, 3.63) is 36.0 Å². The van der Waals surface area contributed by atoms with Crippen molar-refractivity contribution in [3.8, 4) is 0 Å². The number of piperidine rings is 1. The normalized spacial score (nSPS) is 22.6. The van der Waals surface area contributed by atoms with Crippen molar-refractivity contribution in [1.29, 1.82) is 0 Å². The summed E-state index contributed by atoms with van der Waals surface area (Å²) in [6.45, 7) is 4.86. The van der Waals surface area contributed by atoms with E-state index in [2.05, 4.69) is 22.1 Å². The Bertz CT molecular complexity index is 946. The van der Waals surface area contributed by atoms with Gasteiger partial charge < -0.3 is 20.2 Å². The zero-order chi connectivity index (χ0) is 22.2. The van der Waals surface area contributed by atoms with E-state index in [-0.39, 0.29) is 17.5 Å². The molecular weight excluding hydrogens is 409 g/mol. The number of β-amino-alcohol motifs (C(OH)–C–C–N with tert-alkyl or cyclic N) is 1. The van der Waals surface area contributed by atoms with Gasteiger partial charge in [0, 0.05) is 62.5 Å². The summed E-state index contributed by atoms with van der Waals surface area (Å²) >= 11 is 0. The first kappa shape index (κ1) is 21.8. The fourth-order valence-corrected chi connectivity index (χ4v) is 4.56. The zero-order valence-corrected chi connectivity index (χ0v) is 17.4. The van der Waals surface area contributed by atoms with Gasteiger partial charge in [-0.1, -0.05) is 6.92 Å². The van der Waals surface area contributed by atoms with Gasteiger partial charge in [-0.3, -0.25) is 9.78 Å². The lowest BCUT2D eigenvalue weighted by molar-refractivity contribution is -0.141. The molecule has 168 valence electrons. The number of amides is 1. The molecule has 1 amide bonds. The Hall–Kier alpha value is -2.39. The third-order valence-corrected chi connectivity index (χ3v) is 6.04. The number of fused-ring (bicyclic) bond motifs is 1. The molecule has 0 radical (unpaired) electrons. The average Bonchev–Trinajstić information content (AvgIpc) is 2.69. The number of halogens is 3. The van der Waals surface area contributed by atoms with E-state index >= 15 is 0 Å². The highest BCUT2D eigenvalue weighted by Gasteiger charge is 2.35. The van der Waals surface area contributed by atoms with Gasteiger partial charge >= 0.3 is 6.18 Å². The second kappa shape index (κ2) is 8.63. The zero-order valence-electron chi connectivity index (χ0n) is 17.4. The molecule has 2 N–H and O–H groups in total. The number of pyridine rings is 1. The molecule has 1 aromatic carbocycles. The van der Waals surface area contributed by atoms with Gasteiger partial charge in [0.2, 0.25) is 5.91 Å². The summed E-state index contributed by atoms with van der Waals surface area (Å²) in [5, 5.41) is 13.2. The summed E-state index contributed by atoms with van der Waals surface area (Å²) in [6.07, 6.45) is -2.17. The number of benzene rings is 1. The number of aliphatic hydroxyl groups is 1. The van der Waals surface area contributed by atoms with E-state index in [9.17, 15) is 23.1 Å². The van der Waals surface area contributed by atoms with E-state index < -0.39 is 17.8 Å². The molecule has 0 unspecified atom stereocenters. The van der Waals surface area contributed by atoms with Gasteiger partial charge in [0.15, 0.2) is 0 Å². The minimum Gasteiger partial charge on any atom is -0.389 e. The average molecular weight is 436 g/mol. The van der Waals surface area contributed by atoms with Crippen molar-refractivity contribution < 1.29 is 23.1 Å². The summed E-state index contributed by atoms with van der Waals surface area (Å²) in [5.74, 6) is 0.375. The smallest absolute Gasteiger partial charge is 0.389 e. The van der Waals surface area contributed by atoms with Gasteiger partial charge in [0.25, 0.3) is 0 Å². The summed E-state index contributed by atoms with van der Waals surface area (Å²) in [4.78, 5) is 19.9. The molecule has 0 aliphatic carbocycles. The minimum atomic E-state index is -4.45. The second-order valence-electron chi connectivity index (χ2n) is 8.63. The number of hydrogen-bond donors (Lipinski definition) is 2. The number of carbonyl (C=O) groups excluding carboxylic acids is 1. The molecule has 2 aliphatic heterocycles. The number of carbonyl (C=O) groups is 1. The lowest BCUT2D eigenvalue weighted by atomic mass is 9.94. The van der Waals surface area contributed by atoms with E-state index in [0.29, 0.717) is 43.9 Å². The van der Waals surface area contributed by atoms with Gasteiger partial charge in [0.1, 0.15) is 0 Å². The lowest BCUT2D eigenvalue weighted by Gasteiger charge is -2.39. The van der Waals surface area contributed by atoms with Gasteiger partial charge in [-0.15, -0.1) is 0 Å². The van der Waals surface area contributed by atoms with Crippen LogP contribution in [-0.4, -0.2) is 65.8 Å². The molecule has 0 saturated carbocycles. The molecule has 2 aromatic rings. The predicted octanol–water partition coefficient (Wildman–Crippen LogP) is 2.65. The molecule has 31 heavy (non-hydrogen) atoms. The number of anilines is 1. The highest BCUT2D eigenvalue weighted by atomic mass is 19.4. The third-order valence-electron chi connectivity index (χ3n) is 6.04. The van der Waals surface area contributed by atoms with Crippen LogP contribution in [0.4, 0.5) is 18.9 Å². The summed E-state index contributed by atoms with van der Waals surface area (Å²) in [7, 11) is 0. The molecule has 2 saturated heterocycles. The maximum absolute atomic E-state index is 13.4. The lowest BCUT2D eigenvalue weighted by Crippen LogP contribution is -2.54. The molecule has 9 heteroatoms. The Kier molecular flexibility index (Phi) is 6.07.